The topological polar surface area (TPSA) is 0 Å². The van der Waals surface area contributed by atoms with Crippen LogP contribution in [-0.4, -0.2) is 6.26 Å². The molecule has 0 heterocycles. The molecular weight excluding hydrogens is 260 g/mol. The molecule has 102 valence electrons. The maximum absolute atomic E-state index is 2.43. The average molecular weight is 280 g/mol. The first-order chi connectivity index (χ1) is 9.82. The van der Waals surface area contributed by atoms with E-state index in [1.54, 1.807) is 0 Å². The van der Waals surface area contributed by atoms with E-state index in [4.69, 9.17) is 0 Å². The Balaban J connectivity index is 2.18. The van der Waals surface area contributed by atoms with Crippen LogP contribution in [0.2, 0.25) is 0 Å². The first kappa shape index (κ1) is 13.3. The van der Waals surface area contributed by atoms with Crippen molar-refractivity contribution in [2.75, 3.05) is 6.26 Å². The zero-order chi connectivity index (χ0) is 13.8. The molecule has 0 N–H and O–H groups in total. The van der Waals surface area contributed by atoms with Crippen LogP contribution in [-0.2, 0) is 0 Å². The summed E-state index contributed by atoms with van der Waals surface area (Å²) < 4.78 is 0. The lowest BCUT2D eigenvalue weighted by Gasteiger charge is -2.39. The second kappa shape index (κ2) is 5.72. The van der Waals surface area contributed by atoms with E-state index < -0.39 is 10.0 Å². The molecule has 2 aromatic carbocycles. The van der Waals surface area contributed by atoms with Crippen molar-refractivity contribution < 1.29 is 0 Å². The van der Waals surface area contributed by atoms with E-state index >= 15 is 0 Å². The minimum Gasteiger partial charge on any atom is -0.164 e. The Kier molecular flexibility index (Phi) is 3.79. The Bertz CT molecular complexity index is 584. The maximum atomic E-state index is 2.43. The van der Waals surface area contributed by atoms with Crippen LogP contribution >= 0.6 is 10.0 Å². The summed E-state index contributed by atoms with van der Waals surface area (Å²) in [6.45, 7) is 0. The van der Waals surface area contributed by atoms with Crippen LogP contribution in [0.5, 0.6) is 0 Å². The Hall–Kier alpha value is -1.73. The molecule has 20 heavy (non-hydrogen) atoms. The predicted octanol–water partition coefficient (Wildman–Crippen LogP) is 5.77. The first-order valence-corrected chi connectivity index (χ1v) is 9.11. The monoisotopic (exact) mass is 280 g/mol. The van der Waals surface area contributed by atoms with E-state index in [2.05, 4.69) is 85.1 Å². The third kappa shape index (κ3) is 2.34. The Morgan fingerprint density at radius 3 is 1.75 bits per heavy atom. The molecule has 0 spiro atoms. The highest BCUT2D eigenvalue weighted by molar-refractivity contribution is 8.36. The fourth-order valence-corrected chi connectivity index (χ4v) is 5.72. The number of hydrogen-bond donors (Lipinski definition) is 0. The molecule has 0 atom stereocenters. The highest BCUT2D eigenvalue weighted by atomic mass is 32.3. The number of rotatable bonds is 3. The summed E-state index contributed by atoms with van der Waals surface area (Å²) in [5, 5.41) is 0. The molecule has 0 amide bonds. The summed E-state index contributed by atoms with van der Waals surface area (Å²) in [6.07, 6.45) is 11.8. The van der Waals surface area contributed by atoms with Crippen LogP contribution in [0, 0.1) is 0 Å². The van der Waals surface area contributed by atoms with Gasteiger partial charge >= 0.3 is 0 Å². The molecular formula is C19H20S. The van der Waals surface area contributed by atoms with Crippen molar-refractivity contribution in [3.63, 3.8) is 0 Å². The molecule has 0 nitrogen and oxygen atoms in total. The van der Waals surface area contributed by atoms with Gasteiger partial charge in [-0.2, -0.15) is 10.0 Å². The largest absolute Gasteiger partial charge is 0.164 e. The van der Waals surface area contributed by atoms with Gasteiger partial charge in [0.15, 0.2) is 0 Å². The van der Waals surface area contributed by atoms with Gasteiger partial charge in [0.1, 0.15) is 0 Å². The van der Waals surface area contributed by atoms with E-state index in [0.717, 1.165) is 6.42 Å². The van der Waals surface area contributed by atoms with E-state index in [-0.39, 0.29) is 0 Å². The quantitative estimate of drug-likeness (QED) is 0.669. The van der Waals surface area contributed by atoms with Crippen LogP contribution in [0.1, 0.15) is 12.8 Å². The van der Waals surface area contributed by atoms with Gasteiger partial charge in [0.25, 0.3) is 0 Å². The minimum atomic E-state index is -1.12. The van der Waals surface area contributed by atoms with Crippen molar-refractivity contribution >= 4 is 10.0 Å². The van der Waals surface area contributed by atoms with Gasteiger partial charge < -0.3 is 0 Å². The molecule has 0 unspecified atom stereocenters. The maximum Gasteiger partial charge on any atom is -0.00213 e. The third-order valence-electron chi connectivity index (χ3n) is 3.86. The highest BCUT2D eigenvalue weighted by Gasteiger charge is 2.26. The lowest BCUT2D eigenvalue weighted by molar-refractivity contribution is 1.03. The van der Waals surface area contributed by atoms with Gasteiger partial charge in [0, 0.05) is 0 Å². The second-order valence-corrected chi connectivity index (χ2v) is 8.38. The van der Waals surface area contributed by atoms with Crippen molar-refractivity contribution in [2.24, 2.45) is 0 Å². The first-order valence-electron chi connectivity index (χ1n) is 7.07. The fraction of sp³-hybridized carbons (Fsp3) is 0.158. The summed E-state index contributed by atoms with van der Waals surface area (Å²) in [6, 6.07) is 21.9. The highest BCUT2D eigenvalue weighted by Crippen LogP contribution is 2.66. The standard InChI is InChI=1S/C19H20S/c1-20(17-11-5-2-6-12-17,18-13-7-3-8-14-18)19-15-9-4-10-16-19/h2-3,5-9,11-16H,4,10H2,1H3. The van der Waals surface area contributed by atoms with E-state index in [1.165, 1.54) is 21.1 Å². The molecule has 0 bridgehead atoms. The van der Waals surface area contributed by atoms with Crippen LogP contribution < -0.4 is 0 Å². The number of hydrogen-bond acceptors (Lipinski definition) is 0. The van der Waals surface area contributed by atoms with E-state index in [9.17, 15) is 0 Å². The van der Waals surface area contributed by atoms with Crippen molar-refractivity contribution in [3.05, 3.63) is 83.8 Å². The Morgan fingerprint density at radius 1 is 0.750 bits per heavy atom. The molecule has 0 aromatic heterocycles. The fourth-order valence-electron chi connectivity index (χ4n) is 2.69. The molecule has 1 aliphatic carbocycles. The molecule has 3 rings (SSSR count). The molecule has 0 aliphatic heterocycles. The predicted molar refractivity (Wildman–Crippen MR) is 89.4 cm³/mol. The summed E-state index contributed by atoms with van der Waals surface area (Å²) in [5.41, 5.74) is 0. The van der Waals surface area contributed by atoms with Gasteiger partial charge in [-0.05, 0) is 58.1 Å². The number of benzene rings is 2. The van der Waals surface area contributed by atoms with Crippen LogP contribution in [0.15, 0.2) is 93.6 Å². The molecule has 0 saturated carbocycles. The molecule has 2 aromatic rings. The van der Waals surface area contributed by atoms with Gasteiger partial charge in [0.2, 0.25) is 0 Å². The number of allylic oxidation sites excluding steroid dienone is 3. The van der Waals surface area contributed by atoms with Gasteiger partial charge in [-0.25, -0.2) is 0 Å². The lowest BCUT2D eigenvalue weighted by Crippen LogP contribution is -2.03. The molecule has 0 saturated heterocycles. The van der Waals surface area contributed by atoms with Crippen LogP contribution in [0.4, 0.5) is 0 Å². The Morgan fingerprint density at radius 2 is 1.30 bits per heavy atom. The van der Waals surface area contributed by atoms with Crippen molar-refractivity contribution in [1.29, 1.82) is 0 Å². The van der Waals surface area contributed by atoms with Crippen LogP contribution in [0.25, 0.3) is 0 Å². The summed E-state index contributed by atoms with van der Waals surface area (Å²) >= 11 is 0. The molecule has 0 fully saturated rings. The van der Waals surface area contributed by atoms with Gasteiger partial charge in [-0.3, -0.25) is 0 Å². The normalized spacial score (nSPS) is 15.8. The van der Waals surface area contributed by atoms with Crippen molar-refractivity contribution in [1.82, 2.24) is 0 Å². The van der Waals surface area contributed by atoms with Gasteiger partial charge in [0.05, 0.1) is 0 Å². The van der Waals surface area contributed by atoms with Crippen LogP contribution in [0.3, 0.4) is 0 Å². The van der Waals surface area contributed by atoms with E-state index in [0.29, 0.717) is 0 Å². The van der Waals surface area contributed by atoms with Crippen molar-refractivity contribution in [2.45, 2.75) is 22.6 Å². The third-order valence-corrected chi connectivity index (χ3v) is 7.54. The summed E-state index contributed by atoms with van der Waals surface area (Å²) in [7, 11) is -1.12. The summed E-state index contributed by atoms with van der Waals surface area (Å²) in [4.78, 5) is 4.36. The van der Waals surface area contributed by atoms with Gasteiger partial charge in [-0.15, -0.1) is 0 Å². The lowest BCUT2D eigenvalue weighted by atomic mass is 10.2. The summed E-state index contributed by atoms with van der Waals surface area (Å²) in [5.74, 6) is 0. The minimum absolute atomic E-state index is 1.12. The zero-order valence-corrected chi connectivity index (χ0v) is 12.6. The zero-order valence-electron chi connectivity index (χ0n) is 11.8. The average Bonchev–Trinajstić information content (AvgIpc) is 2.56. The SMILES string of the molecule is CS(C1=CCCC=C1)(c1ccccc1)c1ccccc1. The van der Waals surface area contributed by atoms with E-state index in [1.807, 2.05) is 0 Å². The smallest absolute Gasteiger partial charge is 0.00213 e. The molecule has 1 aliphatic rings. The molecule has 0 radical (unpaired) electrons. The second-order valence-electron chi connectivity index (χ2n) is 5.13. The Labute approximate surface area is 123 Å². The van der Waals surface area contributed by atoms with Crippen molar-refractivity contribution in [3.8, 4) is 0 Å². The van der Waals surface area contributed by atoms with Gasteiger partial charge in [-0.1, -0.05) is 54.6 Å². The molecule has 1 heteroatoms.